The lowest BCUT2D eigenvalue weighted by atomic mass is 10.5. The van der Waals surface area contributed by atoms with Crippen LogP contribution in [0.25, 0.3) is 0 Å². The van der Waals surface area contributed by atoms with Crippen LogP contribution < -0.4 is 0 Å². The smallest absolute Gasteiger partial charge is 0.460 e. The highest BCUT2D eigenvalue weighted by Gasteiger charge is 2.12. The molecule has 0 fully saturated rings. The van der Waals surface area contributed by atoms with Gasteiger partial charge in [0.25, 0.3) is 0 Å². The number of phosphoric acid groups is 1. The van der Waals surface area contributed by atoms with Crippen molar-refractivity contribution in [3.63, 3.8) is 0 Å². The molecule has 0 aliphatic carbocycles. The van der Waals surface area contributed by atoms with E-state index in [0.717, 1.165) is 0 Å². The van der Waals surface area contributed by atoms with E-state index in [2.05, 4.69) is 9.26 Å². The fourth-order valence-electron chi connectivity index (χ4n) is 0.483. The first kappa shape index (κ1) is 12.3. The summed E-state index contributed by atoms with van der Waals surface area (Å²) in [5, 5.41) is 0. The van der Waals surface area contributed by atoms with Crippen LogP contribution >= 0.6 is 7.82 Å². The third-order valence-corrected chi connectivity index (χ3v) is 1.41. The van der Waals surface area contributed by atoms with E-state index in [4.69, 9.17) is 9.79 Å². The third kappa shape index (κ3) is 9.23. The number of hydrogen-bond acceptors (Lipinski definition) is 4. The summed E-state index contributed by atoms with van der Waals surface area (Å²) in [6.45, 7) is 1.13. The van der Waals surface area contributed by atoms with Crippen LogP contribution in [0.15, 0.2) is 12.2 Å². The van der Waals surface area contributed by atoms with Crippen LogP contribution in [0.2, 0.25) is 0 Å². The van der Waals surface area contributed by atoms with Gasteiger partial charge in [0.1, 0.15) is 6.61 Å². The monoisotopic (exact) mass is 210 g/mol. The van der Waals surface area contributed by atoms with E-state index in [9.17, 15) is 9.36 Å². The first-order chi connectivity index (χ1) is 5.95. The largest absolute Gasteiger partial charge is 0.469 e. The standard InChI is InChI=1S/C6H11O6P/c1-2-3-6(7)11-4-5-12-13(8,9)10/h2-3H,4-5H2,1H3,(H2,8,9,10). The molecule has 0 atom stereocenters. The zero-order chi connectivity index (χ0) is 10.3. The average Bonchev–Trinajstić information content (AvgIpc) is 1.97. The summed E-state index contributed by atoms with van der Waals surface area (Å²) in [6.07, 6.45) is 2.68. The number of ether oxygens (including phenoxy) is 1. The Bertz CT molecular complexity index is 229. The van der Waals surface area contributed by atoms with Gasteiger partial charge in [-0.25, -0.2) is 9.36 Å². The highest BCUT2D eigenvalue weighted by atomic mass is 31.2. The van der Waals surface area contributed by atoms with Crippen LogP contribution in [0.1, 0.15) is 6.92 Å². The lowest BCUT2D eigenvalue weighted by molar-refractivity contribution is -0.138. The van der Waals surface area contributed by atoms with E-state index in [1.165, 1.54) is 12.2 Å². The van der Waals surface area contributed by atoms with E-state index >= 15 is 0 Å². The van der Waals surface area contributed by atoms with Crippen molar-refractivity contribution in [1.29, 1.82) is 0 Å². The minimum atomic E-state index is -4.45. The summed E-state index contributed by atoms with van der Waals surface area (Å²) in [5.74, 6) is -0.572. The lowest BCUT2D eigenvalue weighted by Gasteiger charge is -2.04. The number of rotatable bonds is 5. The predicted molar refractivity (Wildman–Crippen MR) is 43.8 cm³/mol. The highest BCUT2D eigenvalue weighted by molar-refractivity contribution is 7.46. The van der Waals surface area contributed by atoms with Gasteiger partial charge < -0.3 is 14.5 Å². The van der Waals surface area contributed by atoms with Crippen molar-refractivity contribution in [2.75, 3.05) is 13.2 Å². The SMILES string of the molecule is CC=CC(=O)OCCOP(=O)(O)O. The van der Waals surface area contributed by atoms with E-state index in [1.54, 1.807) is 6.92 Å². The van der Waals surface area contributed by atoms with Gasteiger partial charge in [0, 0.05) is 6.08 Å². The normalized spacial score (nSPS) is 11.9. The number of carbonyl (C=O) groups excluding carboxylic acids is 1. The summed E-state index contributed by atoms with van der Waals surface area (Å²) in [7, 11) is -4.45. The molecule has 0 amide bonds. The maximum atomic E-state index is 10.6. The second-order valence-corrected chi connectivity index (χ2v) is 3.23. The summed E-state index contributed by atoms with van der Waals surface area (Å²) < 4.78 is 18.6. The molecule has 7 heteroatoms. The number of esters is 1. The number of hydrogen-bond donors (Lipinski definition) is 2. The summed E-state index contributed by atoms with van der Waals surface area (Å²) in [6, 6.07) is 0. The van der Waals surface area contributed by atoms with Gasteiger partial charge in [0.05, 0.1) is 6.61 Å². The predicted octanol–water partition coefficient (Wildman–Crippen LogP) is 0.215. The van der Waals surface area contributed by atoms with Crippen LogP contribution in [-0.2, 0) is 18.6 Å². The Morgan fingerprint density at radius 3 is 2.54 bits per heavy atom. The van der Waals surface area contributed by atoms with Crippen LogP contribution in [0, 0.1) is 0 Å². The van der Waals surface area contributed by atoms with Crippen molar-refractivity contribution >= 4 is 13.8 Å². The van der Waals surface area contributed by atoms with Gasteiger partial charge in [0.15, 0.2) is 0 Å². The summed E-state index contributed by atoms with van der Waals surface area (Å²) in [4.78, 5) is 27.1. The van der Waals surface area contributed by atoms with Gasteiger partial charge in [-0.1, -0.05) is 6.08 Å². The van der Waals surface area contributed by atoms with E-state index in [-0.39, 0.29) is 13.2 Å². The molecule has 0 aromatic rings. The van der Waals surface area contributed by atoms with Crippen molar-refractivity contribution in [2.45, 2.75) is 6.92 Å². The molecule has 0 aromatic heterocycles. The molecule has 0 aliphatic heterocycles. The van der Waals surface area contributed by atoms with Crippen molar-refractivity contribution in [2.24, 2.45) is 0 Å². The second kappa shape index (κ2) is 5.88. The first-order valence-corrected chi connectivity index (χ1v) is 4.98. The van der Waals surface area contributed by atoms with Gasteiger partial charge in [-0.2, -0.15) is 0 Å². The maximum Gasteiger partial charge on any atom is 0.469 e. The van der Waals surface area contributed by atoms with Crippen LogP contribution in [-0.4, -0.2) is 29.0 Å². The molecule has 0 bridgehead atoms. The Labute approximate surface area is 75.4 Å². The number of carbonyl (C=O) groups is 1. The molecule has 0 rings (SSSR count). The van der Waals surface area contributed by atoms with Crippen molar-refractivity contribution in [3.8, 4) is 0 Å². The van der Waals surface area contributed by atoms with Crippen molar-refractivity contribution in [1.82, 2.24) is 0 Å². The Kier molecular flexibility index (Phi) is 5.57. The first-order valence-electron chi connectivity index (χ1n) is 3.45. The molecule has 0 spiro atoms. The number of allylic oxidation sites excluding steroid dienone is 1. The highest BCUT2D eigenvalue weighted by Crippen LogP contribution is 2.35. The zero-order valence-corrected chi connectivity index (χ0v) is 7.94. The van der Waals surface area contributed by atoms with E-state index < -0.39 is 13.8 Å². The Hall–Kier alpha value is -0.680. The molecule has 0 unspecified atom stereocenters. The van der Waals surface area contributed by atoms with Crippen molar-refractivity contribution in [3.05, 3.63) is 12.2 Å². The van der Waals surface area contributed by atoms with E-state index in [1.807, 2.05) is 0 Å². The molecular formula is C6H11O6P. The molecule has 2 N–H and O–H groups in total. The average molecular weight is 210 g/mol. The Morgan fingerprint density at radius 1 is 1.46 bits per heavy atom. The molecule has 0 heterocycles. The minimum absolute atomic E-state index is 0.186. The molecular weight excluding hydrogens is 199 g/mol. The van der Waals surface area contributed by atoms with Crippen LogP contribution in [0.3, 0.4) is 0 Å². The Morgan fingerprint density at radius 2 is 2.08 bits per heavy atom. The molecule has 0 saturated heterocycles. The molecule has 0 saturated carbocycles. The molecule has 76 valence electrons. The molecule has 0 aromatic carbocycles. The lowest BCUT2D eigenvalue weighted by Crippen LogP contribution is -2.07. The topological polar surface area (TPSA) is 93.1 Å². The van der Waals surface area contributed by atoms with Gasteiger partial charge in [-0.05, 0) is 6.92 Å². The van der Waals surface area contributed by atoms with Gasteiger partial charge in [0.2, 0.25) is 0 Å². The van der Waals surface area contributed by atoms with Gasteiger partial charge in [-0.15, -0.1) is 0 Å². The minimum Gasteiger partial charge on any atom is -0.460 e. The molecule has 0 radical (unpaired) electrons. The molecule has 13 heavy (non-hydrogen) atoms. The third-order valence-electron chi connectivity index (χ3n) is 0.890. The van der Waals surface area contributed by atoms with Crippen LogP contribution in [0.5, 0.6) is 0 Å². The zero-order valence-electron chi connectivity index (χ0n) is 7.04. The van der Waals surface area contributed by atoms with Gasteiger partial charge >= 0.3 is 13.8 Å². The van der Waals surface area contributed by atoms with Crippen molar-refractivity contribution < 1.29 is 28.4 Å². The quantitative estimate of drug-likeness (QED) is 0.291. The fourth-order valence-corrected chi connectivity index (χ4v) is 0.795. The fraction of sp³-hybridized carbons (Fsp3) is 0.500. The second-order valence-electron chi connectivity index (χ2n) is 1.99. The number of phosphoric ester groups is 1. The van der Waals surface area contributed by atoms with Gasteiger partial charge in [-0.3, -0.25) is 4.52 Å². The van der Waals surface area contributed by atoms with E-state index in [0.29, 0.717) is 0 Å². The maximum absolute atomic E-state index is 10.6. The summed E-state index contributed by atoms with van der Waals surface area (Å²) in [5.41, 5.74) is 0. The summed E-state index contributed by atoms with van der Waals surface area (Å²) >= 11 is 0. The molecule has 0 aliphatic rings. The Balaban J connectivity index is 3.47. The molecule has 6 nitrogen and oxygen atoms in total. The van der Waals surface area contributed by atoms with Crippen LogP contribution in [0.4, 0.5) is 0 Å².